The molecular weight excluding hydrogens is 340 g/mol. The van der Waals surface area contributed by atoms with Crippen molar-refractivity contribution in [2.75, 3.05) is 20.2 Å². The SMILES string of the molecule is COc1cccc(S(=O)(=O)N2CC(Oc3ccc(Cl)cn3)C2)c1. The zero-order valence-electron chi connectivity index (χ0n) is 12.3. The molecule has 0 saturated carbocycles. The summed E-state index contributed by atoms with van der Waals surface area (Å²) in [7, 11) is -2.04. The Morgan fingerprint density at radius 1 is 1.26 bits per heavy atom. The molecule has 1 saturated heterocycles. The Morgan fingerprint density at radius 3 is 2.70 bits per heavy atom. The second-order valence-electron chi connectivity index (χ2n) is 5.06. The van der Waals surface area contributed by atoms with Crippen molar-refractivity contribution in [2.24, 2.45) is 0 Å². The first kappa shape index (κ1) is 16.0. The molecule has 3 rings (SSSR count). The summed E-state index contributed by atoms with van der Waals surface area (Å²) in [6, 6.07) is 9.73. The minimum atomic E-state index is -3.53. The lowest BCUT2D eigenvalue weighted by Crippen LogP contribution is -2.56. The smallest absolute Gasteiger partial charge is 0.243 e. The second kappa shape index (κ2) is 6.35. The van der Waals surface area contributed by atoms with Crippen LogP contribution in [0.4, 0.5) is 0 Å². The first-order chi connectivity index (χ1) is 11.0. The van der Waals surface area contributed by atoms with E-state index in [0.29, 0.717) is 16.7 Å². The summed E-state index contributed by atoms with van der Waals surface area (Å²) in [5.41, 5.74) is 0. The van der Waals surface area contributed by atoms with E-state index < -0.39 is 10.0 Å². The van der Waals surface area contributed by atoms with Gasteiger partial charge in [-0.1, -0.05) is 17.7 Å². The minimum absolute atomic E-state index is 0.208. The molecule has 6 nitrogen and oxygen atoms in total. The number of sulfonamides is 1. The Kier molecular flexibility index (Phi) is 4.43. The van der Waals surface area contributed by atoms with Crippen molar-refractivity contribution in [3.8, 4) is 11.6 Å². The molecule has 0 aliphatic carbocycles. The van der Waals surface area contributed by atoms with Crippen LogP contribution in [0.15, 0.2) is 47.5 Å². The summed E-state index contributed by atoms with van der Waals surface area (Å²) in [4.78, 5) is 4.24. The van der Waals surface area contributed by atoms with Gasteiger partial charge < -0.3 is 9.47 Å². The maximum Gasteiger partial charge on any atom is 0.243 e. The van der Waals surface area contributed by atoms with Crippen LogP contribution in [0, 0.1) is 0 Å². The van der Waals surface area contributed by atoms with Crippen LogP contribution in [0.5, 0.6) is 11.6 Å². The normalized spacial score (nSPS) is 15.9. The standard InChI is InChI=1S/C15H15ClN2O4S/c1-21-12-3-2-4-14(7-12)23(19,20)18-9-13(10-18)22-15-6-5-11(16)8-17-15/h2-8,13H,9-10H2,1H3. The summed E-state index contributed by atoms with van der Waals surface area (Å²) in [6.45, 7) is 0.563. The molecule has 0 unspecified atom stereocenters. The van der Waals surface area contributed by atoms with Crippen LogP contribution in [0.1, 0.15) is 0 Å². The van der Waals surface area contributed by atoms with Crippen molar-refractivity contribution in [3.05, 3.63) is 47.6 Å². The molecule has 2 heterocycles. The van der Waals surface area contributed by atoms with Crippen LogP contribution < -0.4 is 9.47 Å². The molecule has 1 aliphatic heterocycles. The van der Waals surface area contributed by atoms with E-state index in [0.717, 1.165) is 0 Å². The number of benzene rings is 1. The number of ether oxygens (including phenoxy) is 2. The van der Waals surface area contributed by atoms with E-state index >= 15 is 0 Å². The van der Waals surface area contributed by atoms with E-state index in [1.54, 1.807) is 30.3 Å². The third kappa shape index (κ3) is 3.41. The van der Waals surface area contributed by atoms with Crippen molar-refractivity contribution < 1.29 is 17.9 Å². The number of hydrogen-bond acceptors (Lipinski definition) is 5. The van der Waals surface area contributed by atoms with E-state index in [4.69, 9.17) is 21.1 Å². The van der Waals surface area contributed by atoms with Crippen LogP contribution in [-0.4, -0.2) is 44.0 Å². The maximum atomic E-state index is 12.5. The number of rotatable bonds is 5. The molecule has 1 aromatic carbocycles. The Bertz CT molecular complexity index is 789. The van der Waals surface area contributed by atoms with Crippen molar-refractivity contribution in [2.45, 2.75) is 11.0 Å². The molecule has 0 spiro atoms. The zero-order chi connectivity index (χ0) is 16.4. The van der Waals surface area contributed by atoms with E-state index in [1.165, 1.54) is 23.7 Å². The van der Waals surface area contributed by atoms with Gasteiger partial charge in [0, 0.05) is 18.3 Å². The van der Waals surface area contributed by atoms with Crippen LogP contribution in [0.25, 0.3) is 0 Å². The number of hydrogen-bond donors (Lipinski definition) is 0. The lowest BCUT2D eigenvalue weighted by Gasteiger charge is -2.37. The number of aromatic nitrogens is 1. The molecule has 8 heteroatoms. The summed E-state index contributed by atoms with van der Waals surface area (Å²) in [5.74, 6) is 0.933. The highest BCUT2D eigenvalue weighted by Gasteiger charge is 2.38. The molecule has 0 radical (unpaired) electrons. The Labute approximate surface area is 139 Å². The molecular formula is C15H15ClN2O4S. The molecule has 122 valence electrons. The molecule has 23 heavy (non-hydrogen) atoms. The van der Waals surface area contributed by atoms with Gasteiger partial charge in [0.1, 0.15) is 11.9 Å². The molecule has 2 aromatic rings. The number of halogens is 1. The molecule has 1 fully saturated rings. The molecule has 0 amide bonds. The summed E-state index contributed by atoms with van der Waals surface area (Å²) >= 11 is 5.76. The summed E-state index contributed by atoms with van der Waals surface area (Å²) < 4.78 is 37.1. The Hall–Kier alpha value is -1.83. The van der Waals surface area contributed by atoms with Gasteiger partial charge in [-0.05, 0) is 18.2 Å². The van der Waals surface area contributed by atoms with Gasteiger partial charge in [0.25, 0.3) is 0 Å². The average Bonchev–Trinajstić information content (AvgIpc) is 2.52. The van der Waals surface area contributed by atoms with Gasteiger partial charge in [-0.25, -0.2) is 13.4 Å². The first-order valence-corrected chi connectivity index (χ1v) is 8.73. The van der Waals surface area contributed by atoms with Crippen molar-refractivity contribution in [1.82, 2.24) is 9.29 Å². The van der Waals surface area contributed by atoms with Gasteiger partial charge in [0.15, 0.2) is 0 Å². The monoisotopic (exact) mass is 354 g/mol. The van der Waals surface area contributed by atoms with E-state index in [2.05, 4.69) is 4.98 Å². The van der Waals surface area contributed by atoms with Crippen molar-refractivity contribution in [1.29, 1.82) is 0 Å². The highest BCUT2D eigenvalue weighted by Crippen LogP contribution is 2.26. The van der Waals surface area contributed by atoms with Gasteiger partial charge in [0.05, 0.1) is 30.1 Å². The Balaban J connectivity index is 1.64. The predicted octanol–water partition coefficient (Wildman–Crippen LogP) is 2.20. The highest BCUT2D eigenvalue weighted by atomic mass is 35.5. The number of nitrogens with zero attached hydrogens (tertiary/aromatic N) is 2. The van der Waals surface area contributed by atoms with Gasteiger partial charge in [0.2, 0.25) is 15.9 Å². The quantitative estimate of drug-likeness (QED) is 0.823. The van der Waals surface area contributed by atoms with Crippen LogP contribution in [-0.2, 0) is 10.0 Å². The third-order valence-electron chi connectivity index (χ3n) is 3.48. The maximum absolute atomic E-state index is 12.5. The minimum Gasteiger partial charge on any atom is -0.497 e. The van der Waals surface area contributed by atoms with Crippen LogP contribution in [0.3, 0.4) is 0 Å². The molecule has 0 N–H and O–H groups in total. The third-order valence-corrected chi connectivity index (χ3v) is 5.53. The summed E-state index contributed by atoms with van der Waals surface area (Å²) in [6.07, 6.45) is 1.27. The van der Waals surface area contributed by atoms with Gasteiger partial charge in [-0.3, -0.25) is 0 Å². The topological polar surface area (TPSA) is 68.7 Å². The Morgan fingerprint density at radius 2 is 2.04 bits per heavy atom. The van der Waals surface area contributed by atoms with E-state index in [-0.39, 0.29) is 24.1 Å². The molecule has 0 atom stereocenters. The predicted molar refractivity (Wildman–Crippen MR) is 85.4 cm³/mol. The van der Waals surface area contributed by atoms with Crippen molar-refractivity contribution in [3.63, 3.8) is 0 Å². The van der Waals surface area contributed by atoms with Crippen molar-refractivity contribution >= 4 is 21.6 Å². The molecule has 0 bridgehead atoms. The molecule has 1 aromatic heterocycles. The fourth-order valence-electron chi connectivity index (χ4n) is 2.19. The first-order valence-electron chi connectivity index (χ1n) is 6.91. The van der Waals surface area contributed by atoms with Gasteiger partial charge >= 0.3 is 0 Å². The van der Waals surface area contributed by atoms with Crippen LogP contribution in [0.2, 0.25) is 5.02 Å². The fraction of sp³-hybridized carbons (Fsp3) is 0.267. The van der Waals surface area contributed by atoms with E-state index in [9.17, 15) is 8.42 Å². The van der Waals surface area contributed by atoms with Gasteiger partial charge in [-0.2, -0.15) is 4.31 Å². The lowest BCUT2D eigenvalue weighted by molar-refractivity contribution is 0.0721. The second-order valence-corrected chi connectivity index (χ2v) is 7.43. The summed E-state index contributed by atoms with van der Waals surface area (Å²) in [5, 5.41) is 0.521. The number of methoxy groups -OCH3 is 1. The zero-order valence-corrected chi connectivity index (χ0v) is 13.9. The van der Waals surface area contributed by atoms with Gasteiger partial charge in [-0.15, -0.1) is 0 Å². The van der Waals surface area contributed by atoms with E-state index in [1.807, 2.05) is 0 Å². The largest absolute Gasteiger partial charge is 0.497 e. The molecule has 1 aliphatic rings. The highest BCUT2D eigenvalue weighted by molar-refractivity contribution is 7.89. The lowest BCUT2D eigenvalue weighted by atomic mass is 10.2. The number of pyridine rings is 1. The fourth-order valence-corrected chi connectivity index (χ4v) is 3.84. The van der Waals surface area contributed by atoms with Crippen LogP contribution >= 0.6 is 11.6 Å². The average molecular weight is 355 g/mol.